The Morgan fingerprint density at radius 1 is 1.09 bits per heavy atom. The van der Waals surface area contributed by atoms with Crippen molar-refractivity contribution in [1.29, 1.82) is 0 Å². The van der Waals surface area contributed by atoms with Crippen LogP contribution in [0.3, 0.4) is 0 Å². The molecule has 1 aromatic heterocycles. The van der Waals surface area contributed by atoms with Gasteiger partial charge < -0.3 is 14.8 Å². The number of rotatable bonds is 4. The van der Waals surface area contributed by atoms with Crippen LogP contribution in [0, 0.1) is 6.92 Å². The van der Waals surface area contributed by atoms with E-state index < -0.39 is 0 Å². The number of nitrogens with zero attached hydrogens (tertiary/aromatic N) is 4. The monoisotopic (exact) mass is 451 g/mol. The number of nitrogens with one attached hydrogen (secondary N) is 1. The van der Waals surface area contributed by atoms with E-state index >= 15 is 0 Å². The van der Waals surface area contributed by atoms with Gasteiger partial charge >= 0.3 is 6.03 Å². The van der Waals surface area contributed by atoms with Gasteiger partial charge in [0, 0.05) is 17.3 Å². The van der Waals surface area contributed by atoms with Crippen LogP contribution in [0.4, 0.5) is 10.5 Å². The maximum absolute atomic E-state index is 13.1. The minimum Gasteiger partial charge on any atom is -0.314 e. The molecule has 32 heavy (non-hydrogen) atoms. The number of hydrogen-bond donors (Lipinski definition) is 1. The first-order valence-electron chi connectivity index (χ1n) is 11.0. The number of amides is 2. The summed E-state index contributed by atoms with van der Waals surface area (Å²) in [5, 5.41) is 12.5. The van der Waals surface area contributed by atoms with Crippen molar-refractivity contribution in [3.63, 3.8) is 0 Å². The summed E-state index contributed by atoms with van der Waals surface area (Å²) in [5.74, 6) is 1.66. The van der Waals surface area contributed by atoms with Gasteiger partial charge in [0.25, 0.3) is 0 Å². The van der Waals surface area contributed by atoms with Crippen LogP contribution in [0.5, 0.6) is 0 Å². The van der Waals surface area contributed by atoms with Crippen LogP contribution in [0.25, 0.3) is 0 Å². The molecule has 2 heterocycles. The molecule has 1 fully saturated rings. The van der Waals surface area contributed by atoms with Crippen molar-refractivity contribution in [2.75, 3.05) is 11.9 Å². The predicted octanol–water partition coefficient (Wildman–Crippen LogP) is 5.95. The molecule has 7 heteroatoms. The van der Waals surface area contributed by atoms with Crippen LogP contribution < -0.4 is 5.32 Å². The lowest BCUT2D eigenvalue weighted by atomic mass is 9.87. The summed E-state index contributed by atoms with van der Waals surface area (Å²) in [7, 11) is 0. The van der Waals surface area contributed by atoms with Crippen LogP contribution in [-0.2, 0) is 12.0 Å². The third kappa shape index (κ3) is 4.80. The maximum Gasteiger partial charge on any atom is 0.322 e. The molecule has 6 nitrogen and oxygen atoms in total. The zero-order chi connectivity index (χ0) is 22.9. The molecule has 1 saturated heterocycles. The van der Waals surface area contributed by atoms with Gasteiger partial charge in [0.2, 0.25) is 0 Å². The average molecular weight is 452 g/mol. The minimum atomic E-state index is -0.102. The molecule has 2 amide bonds. The third-order valence-corrected chi connectivity index (χ3v) is 6.28. The Kier molecular flexibility index (Phi) is 6.24. The van der Waals surface area contributed by atoms with Gasteiger partial charge in [-0.3, -0.25) is 0 Å². The molecular weight excluding hydrogens is 422 g/mol. The number of anilines is 1. The summed E-state index contributed by atoms with van der Waals surface area (Å²) in [6.45, 7) is 9.82. The van der Waals surface area contributed by atoms with Gasteiger partial charge in [0.05, 0.1) is 12.6 Å². The number of likely N-dealkylation sites (tertiary alicyclic amines) is 1. The van der Waals surface area contributed by atoms with E-state index in [1.54, 1.807) is 0 Å². The third-order valence-electron chi connectivity index (χ3n) is 6.03. The Balaban J connectivity index is 1.51. The number of carbonyl (C=O) groups is 1. The second-order valence-corrected chi connectivity index (χ2v) is 9.86. The lowest BCUT2D eigenvalue weighted by molar-refractivity contribution is 0.204. The van der Waals surface area contributed by atoms with Crippen molar-refractivity contribution in [1.82, 2.24) is 19.7 Å². The first-order valence-corrected chi connectivity index (χ1v) is 11.4. The largest absolute Gasteiger partial charge is 0.322 e. The lowest BCUT2D eigenvalue weighted by Gasteiger charge is -2.25. The summed E-state index contributed by atoms with van der Waals surface area (Å²) < 4.78 is 2.09. The zero-order valence-electron chi connectivity index (χ0n) is 19.1. The zero-order valence-corrected chi connectivity index (χ0v) is 19.9. The molecule has 1 aliphatic heterocycles. The van der Waals surface area contributed by atoms with Crippen molar-refractivity contribution in [3.05, 3.63) is 76.3 Å². The standard InChI is InChI=1S/C25H30ClN5O/c1-17-28-29-23(31(17)16-18-7-11-20(26)12-8-18)22-6-5-15-30(22)24(32)27-21-13-9-19(10-14-21)25(2,3)4/h7-14,22H,5-6,15-16H2,1-4H3,(H,27,32)/t22-/m1/s1. The van der Waals surface area contributed by atoms with Gasteiger partial charge in [0.15, 0.2) is 5.82 Å². The van der Waals surface area contributed by atoms with E-state index in [4.69, 9.17) is 11.6 Å². The molecule has 1 atom stereocenters. The number of urea groups is 1. The Morgan fingerprint density at radius 2 is 1.78 bits per heavy atom. The van der Waals surface area contributed by atoms with Gasteiger partial charge in [-0.2, -0.15) is 0 Å². The molecule has 4 rings (SSSR count). The van der Waals surface area contributed by atoms with Crippen LogP contribution >= 0.6 is 11.6 Å². The van der Waals surface area contributed by atoms with E-state index in [2.05, 4.69) is 53.0 Å². The molecule has 0 spiro atoms. The first-order chi connectivity index (χ1) is 15.2. The summed E-state index contributed by atoms with van der Waals surface area (Å²) in [6, 6.07) is 15.7. The highest BCUT2D eigenvalue weighted by atomic mass is 35.5. The highest BCUT2D eigenvalue weighted by Gasteiger charge is 2.34. The fraction of sp³-hybridized carbons (Fsp3) is 0.400. The van der Waals surface area contributed by atoms with E-state index in [1.165, 1.54) is 5.56 Å². The molecule has 1 aliphatic rings. The number of aromatic nitrogens is 3. The highest BCUT2D eigenvalue weighted by molar-refractivity contribution is 6.30. The van der Waals surface area contributed by atoms with Crippen LogP contribution in [-0.4, -0.2) is 32.2 Å². The first kappa shape index (κ1) is 22.3. The average Bonchev–Trinajstić information content (AvgIpc) is 3.36. The number of hydrogen-bond acceptors (Lipinski definition) is 3. The molecular formula is C25H30ClN5O. The van der Waals surface area contributed by atoms with Crippen molar-refractivity contribution >= 4 is 23.3 Å². The van der Waals surface area contributed by atoms with Crippen LogP contribution in [0.15, 0.2) is 48.5 Å². The van der Waals surface area contributed by atoms with Crippen LogP contribution in [0.2, 0.25) is 5.02 Å². The Labute approximate surface area is 194 Å². The van der Waals surface area contributed by atoms with Gasteiger partial charge in [-0.1, -0.05) is 56.6 Å². The van der Waals surface area contributed by atoms with E-state index in [9.17, 15) is 4.79 Å². The van der Waals surface area contributed by atoms with E-state index in [0.29, 0.717) is 18.1 Å². The van der Waals surface area contributed by atoms with Gasteiger partial charge in [0.1, 0.15) is 5.82 Å². The molecule has 0 radical (unpaired) electrons. The van der Waals surface area contributed by atoms with Crippen molar-refractivity contribution < 1.29 is 4.79 Å². The van der Waals surface area contributed by atoms with Gasteiger partial charge in [-0.05, 0) is 60.6 Å². The fourth-order valence-electron chi connectivity index (χ4n) is 4.14. The molecule has 2 aromatic carbocycles. The number of aryl methyl sites for hydroxylation is 1. The van der Waals surface area contributed by atoms with E-state index in [-0.39, 0.29) is 17.5 Å². The van der Waals surface area contributed by atoms with Gasteiger partial charge in [-0.25, -0.2) is 4.79 Å². The maximum atomic E-state index is 13.1. The summed E-state index contributed by atoms with van der Waals surface area (Å²) in [6.07, 6.45) is 1.81. The normalized spacial score (nSPS) is 16.4. The van der Waals surface area contributed by atoms with Crippen molar-refractivity contribution in [2.24, 2.45) is 0 Å². The number of carbonyl (C=O) groups excluding carboxylic acids is 1. The molecule has 0 unspecified atom stereocenters. The molecule has 0 bridgehead atoms. The number of halogens is 1. The van der Waals surface area contributed by atoms with Crippen molar-refractivity contribution in [2.45, 2.75) is 58.5 Å². The second kappa shape index (κ2) is 8.94. The summed E-state index contributed by atoms with van der Waals surface area (Å²) >= 11 is 6.03. The molecule has 0 saturated carbocycles. The SMILES string of the molecule is Cc1nnc([C@H]2CCCN2C(=O)Nc2ccc(C(C)(C)C)cc2)n1Cc1ccc(Cl)cc1. The Bertz CT molecular complexity index is 1080. The van der Waals surface area contributed by atoms with E-state index in [0.717, 1.165) is 35.7 Å². The quantitative estimate of drug-likeness (QED) is 0.532. The molecule has 0 aliphatic carbocycles. The fourth-order valence-corrected chi connectivity index (χ4v) is 4.26. The van der Waals surface area contributed by atoms with Crippen molar-refractivity contribution in [3.8, 4) is 0 Å². The number of benzene rings is 2. The predicted molar refractivity (Wildman–Crippen MR) is 128 cm³/mol. The second-order valence-electron chi connectivity index (χ2n) is 9.43. The molecule has 168 valence electrons. The molecule has 3 aromatic rings. The Hall–Kier alpha value is -2.86. The minimum absolute atomic E-state index is 0.0780. The lowest BCUT2D eigenvalue weighted by Crippen LogP contribution is -2.35. The summed E-state index contributed by atoms with van der Waals surface area (Å²) in [4.78, 5) is 15.0. The topological polar surface area (TPSA) is 63.1 Å². The van der Waals surface area contributed by atoms with E-state index in [1.807, 2.05) is 48.2 Å². The highest BCUT2D eigenvalue weighted by Crippen LogP contribution is 2.32. The Morgan fingerprint density at radius 3 is 2.44 bits per heavy atom. The summed E-state index contributed by atoms with van der Waals surface area (Å²) in [5.41, 5.74) is 3.23. The molecule has 1 N–H and O–H groups in total. The smallest absolute Gasteiger partial charge is 0.314 e. The van der Waals surface area contributed by atoms with Crippen LogP contribution in [0.1, 0.15) is 62.4 Å². The van der Waals surface area contributed by atoms with Gasteiger partial charge in [-0.15, -0.1) is 10.2 Å².